The minimum atomic E-state index is 0.0462. The van der Waals surface area contributed by atoms with E-state index in [-0.39, 0.29) is 11.9 Å². The van der Waals surface area contributed by atoms with Crippen molar-refractivity contribution in [3.63, 3.8) is 0 Å². The predicted octanol–water partition coefficient (Wildman–Crippen LogP) is 3.74. The second-order valence-corrected chi connectivity index (χ2v) is 8.30. The van der Waals surface area contributed by atoms with Gasteiger partial charge in [-0.15, -0.1) is 0 Å². The number of hydrogen-bond acceptors (Lipinski definition) is 4. The standard InChI is InChI=1S/C23H27ClN2O3/c1-28-11-10-25-13-18-14-26(23(27)17-4-3-5-19(24)12-17)22(21(18)15-25)16-6-8-20(29-2)9-7-16/h3-9,12,18,21-22H,10-11,13-15H2,1-2H3/t18-,21-,22-/m0/s1. The van der Waals surface area contributed by atoms with Gasteiger partial charge in [-0.2, -0.15) is 0 Å². The number of methoxy groups -OCH3 is 2. The van der Waals surface area contributed by atoms with Crippen molar-refractivity contribution in [3.8, 4) is 5.75 Å². The van der Waals surface area contributed by atoms with Crippen molar-refractivity contribution >= 4 is 17.5 Å². The average Bonchev–Trinajstić information content (AvgIpc) is 3.29. The van der Waals surface area contributed by atoms with Gasteiger partial charge in [0.05, 0.1) is 19.8 Å². The van der Waals surface area contributed by atoms with E-state index in [1.54, 1.807) is 26.4 Å². The molecule has 0 saturated carbocycles. The van der Waals surface area contributed by atoms with Gasteiger partial charge in [0, 0.05) is 49.8 Å². The number of likely N-dealkylation sites (tertiary alicyclic amines) is 2. The van der Waals surface area contributed by atoms with Gasteiger partial charge in [0.25, 0.3) is 5.91 Å². The number of rotatable bonds is 6. The highest BCUT2D eigenvalue weighted by atomic mass is 35.5. The molecule has 154 valence electrons. The van der Waals surface area contributed by atoms with Gasteiger partial charge in [-0.1, -0.05) is 29.8 Å². The van der Waals surface area contributed by atoms with Crippen molar-refractivity contribution < 1.29 is 14.3 Å². The number of hydrogen-bond donors (Lipinski definition) is 0. The highest BCUT2D eigenvalue weighted by molar-refractivity contribution is 6.30. The van der Waals surface area contributed by atoms with Crippen molar-refractivity contribution in [1.29, 1.82) is 0 Å². The van der Waals surface area contributed by atoms with E-state index in [4.69, 9.17) is 21.1 Å². The number of amides is 1. The second-order valence-electron chi connectivity index (χ2n) is 7.86. The van der Waals surface area contributed by atoms with Gasteiger partial charge in [0.1, 0.15) is 5.75 Å². The van der Waals surface area contributed by atoms with Crippen LogP contribution in [0.15, 0.2) is 48.5 Å². The third-order valence-corrected chi connectivity index (χ3v) is 6.38. The van der Waals surface area contributed by atoms with E-state index >= 15 is 0 Å². The van der Waals surface area contributed by atoms with E-state index < -0.39 is 0 Å². The predicted molar refractivity (Wildman–Crippen MR) is 114 cm³/mol. The van der Waals surface area contributed by atoms with E-state index in [1.165, 1.54) is 0 Å². The van der Waals surface area contributed by atoms with Crippen LogP contribution in [0.3, 0.4) is 0 Å². The van der Waals surface area contributed by atoms with Crippen molar-refractivity contribution in [3.05, 3.63) is 64.7 Å². The van der Waals surface area contributed by atoms with E-state index in [0.717, 1.165) is 44.1 Å². The van der Waals surface area contributed by atoms with E-state index in [0.29, 0.717) is 22.4 Å². The summed E-state index contributed by atoms with van der Waals surface area (Å²) in [5, 5.41) is 0.585. The molecule has 2 aliphatic rings. The molecule has 1 amide bonds. The normalized spacial score (nSPS) is 24.0. The lowest BCUT2D eigenvalue weighted by atomic mass is 9.89. The van der Waals surface area contributed by atoms with Crippen LogP contribution in [0.1, 0.15) is 22.0 Å². The number of carbonyl (C=O) groups excluding carboxylic acids is 1. The van der Waals surface area contributed by atoms with Crippen LogP contribution in [0.25, 0.3) is 0 Å². The zero-order valence-corrected chi connectivity index (χ0v) is 17.6. The van der Waals surface area contributed by atoms with Crippen molar-refractivity contribution in [1.82, 2.24) is 9.80 Å². The number of benzene rings is 2. The lowest BCUT2D eigenvalue weighted by molar-refractivity contribution is 0.0695. The monoisotopic (exact) mass is 414 g/mol. The molecule has 2 aliphatic heterocycles. The smallest absolute Gasteiger partial charge is 0.254 e. The first-order valence-electron chi connectivity index (χ1n) is 10.0. The van der Waals surface area contributed by atoms with Crippen molar-refractivity contribution in [2.45, 2.75) is 6.04 Å². The lowest BCUT2D eigenvalue weighted by Crippen LogP contribution is -2.36. The van der Waals surface area contributed by atoms with Crippen LogP contribution in [-0.2, 0) is 4.74 Å². The van der Waals surface area contributed by atoms with Gasteiger partial charge in [-0.25, -0.2) is 0 Å². The Labute approximate surface area is 177 Å². The summed E-state index contributed by atoms with van der Waals surface area (Å²) in [5.41, 5.74) is 1.80. The zero-order chi connectivity index (χ0) is 20.4. The Hall–Kier alpha value is -2.08. The Morgan fingerprint density at radius 3 is 2.59 bits per heavy atom. The molecule has 2 aromatic rings. The topological polar surface area (TPSA) is 42.0 Å². The third kappa shape index (κ3) is 4.13. The molecule has 0 spiro atoms. The largest absolute Gasteiger partial charge is 0.497 e. The molecule has 29 heavy (non-hydrogen) atoms. The van der Waals surface area contributed by atoms with Crippen LogP contribution in [0.4, 0.5) is 0 Å². The fraction of sp³-hybridized carbons (Fsp3) is 0.435. The summed E-state index contributed by atoms with van der Waals surface area (Å²) in [6.45, 7) is 4.40. The molecule has 0 aromatic heterocycles. The molecule has 0 bridgehead atoms. The molecule has 6 heteroatoms. The average molecular weight is 415 g/mol. The number of halogens is 1. The Morgan fingerprint density at radius 1 is 1.10 bits per heavy atom. The summed E-state index contributed by atoms with van der Waals surface area (Å²) >= 11 is 6.14. The van der Waals surface area contributed by atoms with Crippen LogP contribution in [0.5, 0.6) is 5.75 Å². The Balaban J connectivity index is 1.63. The second kappa shape index (κ2) is 8.74. The molecule has 2 saturated heterocycles. The van der Waals surface area contributed by atoms with E-state index in [2.05, 4.69) is 17.0 Å². The molecular formula is C23H27ClN2O3. The van der Waals surface area contributed by atoms with Crippen LogP contribution < -0.4 is 4.74 Å². The summed E-state index contributed by atoms with van der Waals surface area (Å²) in [4.78, 5) is 17.9. The fourth-order valence-corrected chi connectivity index (χ4v) is 4.95. The molecule has 4 rings (SSSR count). The molecule has 0 aliphatic carbocycles. The summed E-state index contributed by atoms with van der Waals surface area (Å²) in [7, 11) is 3.41. The quantitative estimate of drug-likeness (QED) is 0.722. The molecule has 2 heterocycles. The van der Waals surface area contributed by atoms with Crippen molar-refractivity contribution in [2.75, 3.05) is 47.0 Å². The first-order chi connectivity index (χ1) is 14.1. The maximum absolute atomic E-state index is 13.4. The fourth-order valence-electron chi connectivity index (χ4n) is 4.76. The minimum absolute atomic E-state index is 0.0462. The van der Waals surface area contributed by atoms with Gasteiger partial charge in [0.15, 0.2) is 0 Å². The Kier molecular flexibility index (Phi) is 6.09. The number of carbonyl (C=O) groups is 1. The molecule has 5 nitrogen and oxygen atoms in total. The van der Waals surface area contributed by atoms with Crippen molar-refractivity contribution in [2.24, 2.45) is 11.8 Å². The van der Waals surface area contributed by atoms with Gasteiger partial charge in [-0.3, -0.25) is 4.79 Å². The van der Waals surface area contributed by atoms with Crippen LogP contribution >= 0.6 is 11.6 Å². The van der Waals surface area contributed by atoms with Crippen LogP contribution in [-0.4, -0.2) is 62.7 Å². The summed E-state index contributed by atoms with van der Waals surface area (Å²) in [6, 6.07) is 15.4. The number of fused-ring (bicyclic) bond motifs is 1. The van der Waals surface area contributed by atoms with E-state index in [9.17, 15) is 4.79 Å². The Bertz CT molecular complexity index is 857. The lowest BCUT2D eigenvalue weighted by Gasteiger charge is -2.30. The molecule has 3 atom stereocenters. The first kappa shape index (κ1) is 20.2. The minimum Gasteiger partial charge on any atom is -0.497 e. The summed E-state index contributed by atoms with van der Waals surface area (Å²) < 4.78 is 10.6. The summed E-state index contributed by atoms with van der Waals surface area (Å²) in [6.07, 6.45) is 0. The van der Waals surface area contributed by atoms with E-state index in [1.807, 2.05) is 29.2 Å². The molecule has 0 N–H and O–H groups in total. The van der Waals surface area contributed by atoms with Crippen LogP contribution in [0.2, 0.25) is 5.02 Å². The van der Waals surface area contributed by atoms with Crippen LogP contribution in [0, 0.1) is 11.8 Å². The molecule has 2 aromatic carbocycles. The SMILES string of the molecule is COCCN1C[C@H]2CN(C(=O)c3cccc(Cl)c3)[C@@H](c3ccc(OC)cc3)[C@H]2C1. The van der Waals surface area contributed by atoms with Gasteiger partial charge >= 0.3 is 0 Å². The van der Waals surface area contributed by atoms with Gasteiger partial charge < -0.3 is 19.3 Å². The molecule has 0 unspecified atom stereocenters. The zero-order valence-electron chi connectivity index (χ0n) is 16.9. The molecule has 0 radical (unpaired) electrons. The highest BCUT2D eigenvalue weighted by Gasteiger charge is 2.49. The van der Waals surface area contributed by atoms with Gasteiger partial charge in [0.2, 0.25) is 0 Å². The first-order valence-corrected chi connectivity index (χ1v) is 10.4. The Morgan fingerprint density at radius 2 is 1.90 bits per heavy atom. The number of ether oxygens (including phenoxy) is 2. The maximum atomic E-state index is 13.4. The maximum Gasteiger partial charge on any atom is 0.254 e. The van der Waals surface area contributed by atoms with Gasteiger partial charge in [-0.05, 0) is 41.8 Å². The third-order valence-electron chi connectivity index (χ3n) is 6.14. The summed E-state index contributed by atoms with van der Waals surface area (Å²) in [5.74, 6) is 1.74. The molecule has 2 fully saturated rings. The number of nitrogens with zero attached hydrogens (tertiary/aromatic N) is 2. The highest BCUT2D eigenvalue weighted by Crippen LogP contribution is 2.45. The molecular weight excluding hydrogens is 388 g/mol.